The maximum atomic E-state index is 12.6. The zero-order valence-electron chi connectivity index (χ0n) is 17.6. The molecule has 1 amide bonds. The SMILES string of the molecule is CCOc1ccc(OC(C)C(=O)Nc2cccc(-c3ccc4nnc(C)n4n3)c2)cc1. The number of anilines is 1. The molecular weight excluding hydrogens is 394 g/mol. The number of carbonyl (C=O) groups is 1. The van der Waals surface area contributed by atoms with E-state index in [2.05, 4.69) is 20.6 Å². The summed E-state index contributed by atoms with van der Waals surface area (Å²) in [7, 11) is 0. The number of rotatable bonds is 7. The molecule has 0 aliphatic rings. The molecule has 1 N–H and O–H groups in total. The number of aromatic nitrogens is 4. The van der Waals surface area contributed by atoms with Gasteiger partial charge in [0, 0.05) is 11.3 Å². The molecule has 2 aromatic heterocycles. The van der Waals surface area contributed by atoms with Gasteiger partial charge in [-0.3, -0.25) is 4.79 Å². The van der Waals surface area contributed by atoms with E-state index in [-0.39, 0.29) is 5.91 Å². The van der Waals surface area contributed by atoms with Crippen LogP contribution in [0.3, 0.4) is 0 Å². The third kappa shape index (κ3) is 4.63. The van der Waals surface area contributed by atoms with Gasteiger partial charge in [-0.05, 0) is 69.3 Å². The lowest BCUT2D eigenvalue weighted by Crippen LogP contribution is -2.30. The van der Waals surface area contributed by atoms with Crippen molar-refractivity contribution in [2.24, 2.45) is 0 Å². The Morgan fingerprint density at radius 3 is 2.61 bits per heavy atom. The number of fused-ring (bicyclic) bond motifs is 1. The Hall–Kier alpha value is -3.94. The van der Waals surface area contributed by atoms with Gasteiger partial charge in [0.25, 0.3) is 5.91 Å². The van der Waals surface area contributed by atoms with Gasteiger partial charge in [0.15, 0.2) is 17.6 Å². The van der Waals surface area contributed by atoms with Crippen LogP contribution in [-0.4, -0.2) is 38.4 Å². The Bertz CT molecular complexity index is 1200. The van der Waals surface area contributed by atoms with Crippen LogP contribution in [0, 0.1) is 6.92 Å². The van der Waals surface area contributed by atoms with Crippen LogP contribution >= 0.6 is 0 Å². The summed E-state index contributed by atoms with van der Waals surface area (Å²) in [6.45, 7) is 6.08. The molecule has 0 radical (unpaired) electrons. The number of amides is 1. The summed E-state index contributed by atoms with van der Waals surface area (Å²) in [5.74, 6) is 1.82. The van der Waals surface area contributed by atoms with E-state index in [0.717, 1.165) is 17.0 Å². The molecule has 4 rings (SSSR count). The van der Waals surface area contributed by atoms with Crippen molar-refractivity contribution in [1.29, 1.82) is 0 Å². The molecular formula is C23H23N5O3. The van der Waals surface area contributed by atoms with E-state index in [1.54, 1.807) is 23.6 Å². The number of nitrogens with one attached hydrogen (secondary N) is 1. The van der Waals surface area contributed by atoms with Crippen LogP contribution in [0.4, 0.5) is 5.69 Å². The topological polar surface area (TPSA) is 90.6 Å². The van der Waals surface area contributed by atoms with Crippen molar-refractivity contribution in [3.63, 3.8) is 0 Å². The summed E-state index contributed by atoms with van der Waals surface area (Å²) < 4.78 is 12.9. The second-order valence-corrected chi connectivity index (χ2v) is 6.97. The zero-order valence-corrected chi connectivity index (χ0v) is 17.6. The molecule has 2 aromatic carbocycles. The first-order valence-corrected chi connectivity index (χ1v) is 10.0. The maximum Gasteiger partial charge on any atom is 0.265 e. The minimum atomic E-state index is -0.671. The molecule has 31 heavy (non-hydrogen) atoms. The largest absolute Gasteiger partial charge is 0.494 e. The number of benzene rings is 2. The number of nitrogens with zero attached hydrogens (tertiary/aromatic N) is 4. The van der Waals surface area contributed by atoms with Gasteiger partial charge in [-0.1, -0.05) is 12.1 Å². The molecule has 0 aliphatic carbocycles. The van der Waals surface area contributed by atoms with Gasteiger partial charge < -0.3 is 14.8 Å². The van der Waals surface area contributed by atoms with E-state index in [1.807, 2.05) is 62.4 Å². The summed E-state index contributed by atoms with van der Waals surface area (Å²) in [6, 6.07) is 18.4. The quantitative estimate of drug-likeness (QED) is 0.490. The van der Waals surface area contributed by atoms with Crippen molar-refractivity contribution in [3.8, 4) is 22.8 Å². The van der Waals surface area contributed by atoms with Crippen molar-refractivity contribution < 1.29 is 14.3 Å². The number of aryl methyl sites for hydroxylation is 1. The monoisotopic (exact) mass is 417 g/mol. The minimum Gasteiger partial charge on any atom is -0.494 e. The van der Waals surface area contributed by atoms with Crippen molar-refractivity contribution in [2.75, 3.05) is 11.9 Å². The highest BCUT2D eigenvalue weighted by atomic mass is 16.5. The fraction of sp³-hybridized carbons (Fsp3) is 0.217. The van der Waals surface area contributed by atoms with E-state index in [0.29, 0.717) is 29.5 Å². The fourth-order valence-corrected chi connectivity index (χ4v) is 3.09. The highest BCUT2D eigenvalue weighted by Crippen LogP contribution is 2.22. The summed E-state index contributed by atoms with van der Waals surface area (Å²) in [4.78, 5) is 12.6. The molecule has 0 aliphatic heterocycles. The second kappa shape index (κ2) is 8.83. The third-order valence-electron chi connectivity index (χ3n) is 4.66. The highest BCUT2D eigenvalue weighted by Gasteiger charge is 2.15. The second-order valence-electron chi connectivity index (χ2n) is 6.97. The molecule has 158 valence electrons. The van der Waals surface area contributed by atoms with Gasteiger partial charge in [-0.2, -0.15) is 9.61 Å². The van der Waals surface area contributed by atoms with Gasteiger partial charge >= 0.3 is 0 Å². The summed E-state index contributed by atoms with van der Waals surface area (Å²) in [5, 5.41) is 15.6. The van der Waals surface area contributed by atoms with Gasteiger partial charge in [0.05, 0.1) is 12.3 Å². The summed E-state index contributed by atoms with van der Waals surface area (Å²) >= 11 is 0. The highest BCUT2D eigenvalue weighted by molar-refractivity contribution is 5.94. The zero-order chi connectivity index (χ0) is 21.8. The van der Waals surface area contributed by atoms with Crippen LogP contribution < -0.4 is 14.8 Å². The molecule has 4 aromatic rings. The molecule has 1 atom stereocenters. The predicted octanol–water partition coefficient (Wildman–Crippen LogP) is 3.90. The lowest BCUT2D eigenvalue weighted by molar-refractivity contribution is -0.122. The molecule has 1 unspecified atom stereocenters. The number of carbonyl (C=O) groups excluding carboxylic acids is 1. The summed E-state index contributed by atoms with van der Waals surface area (Å²) in [5.41, 5.74) is 2.97. The molecule has 8 nitrogen and oxygen atoms in total. The average molecular weight is 417 g/mol. The molecule has 0 saturated carbocycles. The van der Waals surface area contributed by atoms with Crippen molar-refractivity contribution in [3.05, 3.63) is 66.5 Å². The van der Waals surface area contributed by atoms with Gasteiger partial charge in [-0.15, -0.1) is 10.2 Å². The van der Waals surface area contributed by atoms with E-state index in [4.69, 9.17) is 9.47 Å². The van der Waals surface area contributed by atoms with Crippen molar-refractivity contribution in [2.45, 2.75) is 26.9 Å². The first-order chi connectivity index (χ1) is 15.0. The van der Waals surface area contributed by atoms with Crippen LogP contribution in [0.15, 0.2) is 60.7 Å². The Balaban J connectivity index is 1.44. The molecule has 0 saturated heterocycles. The lowest BCUT2D eigenvalue weighted by atomic mass is 10.1. The van der Waals surface area contributed by atoms with E-state index in [9.17, 15) is 4.79 Å². The van der Waals surface area contributed by atoms with Crippen LogP contribution in [0.5, 0.6) is 11.5 Å². The fourth-order valence-electron chi connectivity index (χ4n) is 3.09. The van der Waals surface area contributed by atoms with Crippen molar-refractivity contribution in [1.82, 2.24) is 19.8 Å². The van der Waals surface area contributed by atoms with Gasteiger partial charge in [0.2, 0.25) is 0 Å². The Labute approximate surface area is 179 Å². The smallest absolute Gasteiger partial charge is 0.265 e. The average Bonchev–Trinajstić information content (AvgIpc) is 3.15. The van der Waals surface area contributed by atoms with E-state index in [1.165, 1.54) is 0 Å². The maximum absolute atomic E-state index is 12.6. The Morgan fingerprint density at radius 2 is 1.84 bits per heavy atom. The first kappa shape index (κ1) is 20.3. The first-order valence-electron chi connectivity index (χ1n) is 10.0. The number of ether oxygens (including phenoxy) is 2. The van der Waals surface area contributed by atoms with Gasteiger partial charge in [0.1, 0.15) is 11.5 Å². The minimum absolute atomic E-state index is 0.246. The molecule has 8 heteroatoms. The van der Waals surface area contributed by atoms with Gasteiger partial charge in [-0.25, -0.2) is 0 Å². The van der Waals surface area contributed by atoms with E-state index >= 15 is 0 Å². The third-order valence-corrected chi connectivity index (χ3v) is 4.66. The molecule has 0 bridgehead atoms. The molecule has 0 spiro atoms. The normalized spacial score (nSPS) is 11.8. The summed E-state index contributed by atoms with van der Waals surface area (Å²) in [6.07, 6.45) is -0.671. The Kier molecular flexibility index (Phi) is 5.79. The molecule has 2 heterocycles. The molecule has 0 fully saturated rings. The standard InChI is InChI=1S/C23H23N5O3/c1-4-30-19-8-10-20(11-9-19)31-15(2)23(29)24-18-7-5-6-17(14-18)21-12-13-22-26-25-16(3)28(22)27-21/h5-15H,4H2,1-3H3,(H,24,29). The lowest BCUT2D eigenvalue weighted by Gasteiger charge is -2.15. The number of hydrogen-bond donors (Lipinski definition) is 1. The van der Waals surface area contributed by atoms with Crippen LogP contribution in [-0.2, 0) is 4.79 Å². The van der Waals surface area contributed by atoms with Crippen molar-refractivity contribution >= 4 is 17.2 Å². The van der Waals surface area contributed by atoms with Crippen LogP contribution in [0.2, 0.25) is 0 Å². The Morgan fingerprint density at radius 1 is 1.06 bits per heavy atom. The van der Waals surface area contributed by atoms with Crippen LogP contribution in [0.1, 0.15) is 19.7 Å². The van der Waals surface area contributed by atoms with E-state index < -0.39 is 6.10 Å². The number of hydrogen-bond acceptors (Lipinski definition) is 6. The predicted molar refractivity (Wildman–Crippen MR) is 117 cm³/mol. The van der Waals surface area contributed by atoms with Crippen LogP contribution in [0.25, 0.3) is 16.9 Å².